The average Bonchev–Trinajstić information content (AvgIpc) is 2.90. The smallest absolute Gasteiger partial charge is 0.312 e. The summed E-state index contributed by atoms with van der Waals surface area (Å²) < 4.78 is 25.1. The molecule has 1 heterocycles. The number of aryl methyl sites for hydroxylation is 1. The zero-order valence-corrected chi connectivity index (χ0v) is 11.9. The van der Waals surface area contributed by atoms with Gasteiger partial charge < -0.3 is 5.11 Å². The van der Waals surface area contributed by atoms with Crippen molar-refractivity contribution in [3.8, 4) is 10.6 Å². The summed E-state index contributed by atoms with van der Waals surface area (Å²) in [6.45, 7) is 0. The Balaban J connectivity index is 1.95. The Morgan fingerprint density at radius 2 is 2.05 bits per heavy atom. The standard InChI is InChI=1S/C15H13F2NO2S/c16-13(17)8-4-6-9(7-5-8)14-18-12-10(15(19)20)2-1-3-11(12)21-14/h4-7,10,13H,1-3H2,(H,19,20). The summed E-state index contributed by atoms with van der Waals surface area (Å²) in [6.07, 6.45) is -0.197. The van der Waals surface area contributed by atoms with Gasteiger partial charge in [-0.25, -0.2) is 13.8 Å². The first-order valence-corrected chi connectivity index (χ1v) is 7.49. The number of carboxylic acid groups (broad SMARTS) is 1. The fourth-order valence-corrected chi connectivity index (χ4v) is 3.72. The molecular formula is C15H13F2NO2S. The SMILES string of the molecule is O=C(O)C1CCCc2sc(-c3ccc(C(F)F)cc3)nc21. The van der Waals surface area contributed by atoms with Crippen molar-refractivity contribution >= 4 is 17.3 Å². The van der Waals surface area contributed by atoms with Gasteiger partial charge in [0.2, 0.25) is 0 Å². The fourth-order valence-electron chi connectivity index (χ4n) is 2.55. The highest BCUT2D eigenvalue weighted by molar-refractivity contribution is 7.15. The van der Waals surface area contributed by atoms with Crippen LogP contribution >= 0.6 is 11.3 Å². The number of nitrogens with zero attached hydrogens (tertiary/aromatic N) is 1. The molecule has 1 N–H and O–H groups in total. The second-order valence-electron chi connectivity index (χ2n) is 5.03. The molecule has 1 aliphatic carbocycles. The first kappa shape index (κ1) is 14.1. The Kier molecular flexibility index (Phi) is 3.71. The zero-order chi connectivity index (χ0) is 15.0. The summed E-state index contributed by atoms with van der Waals surface area (Å²) in [5.74, 6) is -1.39. The van der Waals surface area contributed by atoms with Crippen LogP contribution < -0.4 is 0 Å². The normalized spacial score (nSPS) is 17.8. The Bertz CT molecular complexity index is 667. The first-order chi connectivity index (χ1) is 10.1. The molecule has 1 aromatic carbocycles. The fraction of sp³-hybridized carbons (Fsp3) is 0.333. The average molecular weight is 309 g/mol. The van der Waals surface area contributed by atoms with E-state index in [-0.39, 0.29) is 5.56 Å². The third-order valence-corrected chi connectivity index (χ3v) is 4.84. The third kappa shape index (κ3) is 2.68. The Hall–Kier alpha value is -1.82. The molecule has 3 nitrogen and oxygen atoms in total. The predicted octanol–water partition coefficient (Wildman–Crippen LogP) is 4.25. The molecule has 0 saturated heterocycles. The minimum absolute atomic E-state index is 0.0246. The molecule has 6 heteroatoms. The van der Waals surface area contributed by atoms with Gasteiger partial charge in [0.1, 0.15) is 5.01 Å². The minimum atomic E-state index is -2.49. The van der Waals surface area contributed by atoms with E-state index in [9.17, 15) is 18.7 Å². The third-order valence-electron chi connectivity index (χ3n) is 3.66. The summed E-state index contributed by atoms with van der Waals surface area (Å²) in [6, 6.07) is 5.99. The van der Waals surface area contributed by atoms with Gasteiger partial charge in [0, 0.05) is 16.0 Å². The number of benzene rings is 1. The van der Waals surface area contributed by atoms with Crippen LogP contribution in [0.3, 0.4) is 0 Å². The lowest BCUT2D eigenvalue weighted by Gasteiger charge is -2.16. The number of fused-ring (bicyclic) bond motifs is 1. The predicted molar refractivity (Wildman–Crippen MR) is 75.8 cm³/mol. The maximum absolute atomic E-state index is 12.5. The van der Waals surface area contributed by atoms with Gasteiger partial charge in [0.15, 0.2) is 0 Å². The van der Waals surface area contributed by atoms with Gasteiger partial charge in [0.25, 0.3) is 6.43 Å². The summed E-state index contributed by atoms with van der Waals surface area (Å²) >= 11 is 1.46. The van der Waals surface area contributed by atoms with Gasteiger partial charge in [-0.15, -0.1) is 11.3 Å². The molecular weight excluding hydrogens is 296 g/mol. The van der Waals surface area contributed by atoms with E-state index in [2.05, 4.69) is 4.98 Å². The number of alkyl halides is 2. The molecule has 0 spiro atoms. The molecule has 3 rings (SSSR count). The number of hydrogen-bond acceptors (Lipinski definition) is 3. The molecule has 1 aliphatic rings. The highest BCUT2D eigenvalue weighted by Gasteiger charge is 2.30. The van der Waals surface area contributed by atoms with E-state index < -0.39 is 18.3 Å². The lowest BCUT2D eigenvalue weighted by molar-refractivity contribution is -0.139. The molecule has 0 fully saturated rings. The zero-order valence-electron chi connectivity index (χ0n) is 11.1. The summed E-state index contributed by atoms with van der Waals surface area (Å²) in [5, 5.41) is 9.95. The molecule has 1 aromatic heterocycles. The summed E-state index contributed by atoms with van der Waals surface area (Å²) in [5.41, 5.74) is 1.37. The van der Waals surface area contributed by atoms with Crippen LogP contribution in [0.5, 0.6) is 0 Å². The van der Waals surface area contributed by atoms with Crippen molar-refractivity contribution in [2.75, 3.05) is 0 Å². The number of aromatic nitrogens is 1. The van der Waals surface area contributed by atoms with E-state index >= 15 is 0 Å². The molecule has 21 heavy (non-hydrogen) atoms. The topological polar surface area (TPSA) is 50.2 Å². The highest BCUT2D eigenvalue weighted by Crippen LogP contribution is 2.38. The Morgan fingerprint density at radius 3 is 2.67 bits per heavy atom. The van der Waals surface area contributed by atoms with Crippen molar-refractivity contribution in [3.63, 3.8) is 0 Å². The van der Waals surface area contributed by atoms with E-state index in [1.165, 1.54) is 23.5 Å². The van der Waals surface area contributed by atoms with Gasteiger partial charge in [-0.2, -0.15) is 0 Å². The maximum atomic E-state index is 12.5. The van der Waals surface area contributed by atoms with Crippen LogP contribution in [-0.2, 0) is 11.2 Å². The van der Waals surface area contributed by atoms with Crippen LogP contribution in [0.2, 0.25) is 0 Å². The molecule has 2 aromatic rings. The van der Waals surface area contributed by atoms with Gasteiger partial charge in [-0.1, -0.05) is 24.3 Å². The number of carbonyl (C=O) groups is 1. The molecule has 1 unspecified atom stereocenters. The molecule has 110 valence electrons. The van der Waals surface area contributed by atoms with E-state index in [4.69, 9.17) is 0 Å². The minimum Gasteiger partial charge on any atom is -0.481 e. The number of thiazole rings is 1. The van der Waals surface area contributed by atoms with E-state index in [0.717, 1.165) is 23.3 Å². The summed E-state index contributed by atoms with van der Waals surface area (Å²) in [7, 11) is 0. The van der Waals surface area contributed by atoms with E-state index in [1.807, 2.05) is 0 Å². The number of hydrogen-bond donors (Lipinski definition) is 1. The first-order valence-electron chi connectivity index (χ1n) is 6.67. The van der Waals surface area contributed by atoms with Gasteiger partial charge in [0.05, 0.1) is 11.6 Å². The van der Waals surface area contributed by atoms with Crippen LogP contribution in [0, 0.1) is 0 Å². The highest BCUT2D eigenvalue weighted by atomic mass is 32.1. The molecule has 1 atom stereocenters. The largest absolute Gasteiger partial charge is 0.481 e. The van der Waals surface area contributed by atoms with Crippen LogP contribution in [0.25, 0.3) is 10.6 Å². The van der Waals surface area contributed by atoms with E-state index in [1.54, 1.807) is 12.1 Å². The van der Waals surface area contributed by atoms with Crippen LogP contribution in [0.1, 0.15) is 41.3 Å². The van der Waals surface area contributed by atoms with Crippen molar-refractivity contribution in [3.05, 3.63) is 40.4 Å². The number of rotatable bonds is 3. The molecule has 0 aliphatic heterocycles. The van der Waals surface area contributed by atoms with Gasteiger partial charge in [-0.3, -0.25) is 4.79 Å². The molecule has 0 amide bonds. The molecule has 0 radical (unpaired) electrons. The van der Waals surface area contributed by atoms with Crippen LogP contribution in [-0.4, -0.2) is 16.1 Å². The van der Waals surface area contributed by atoms with Crippen molar-refractivity contribution in [2.24, 2.45) is 0 Å². The van der Waals surface area contributed by atoms with Crippen molar-refractivity contribution in [1.82, 2.24) is 4.98 Å². The number of aliphatic carboxylic acids is 1. The van der Waals surface area contributed by atoms with Crippen molar-refractivity contribution in [2.45, 2.75) is 31.6 Å². The Morgan fingerprint density at radius 1 is 1.33 bits per heavy atom. The second-order valence-corrected chi connectivity index (χ2v) is 6.12. The Labute approximate surface area is 124 Å². The number of halogens is 2. The molecule has 0 bridgehead atoms. The second kappa shape index (κ2) is 5.52. The van der Waals surface area contributed by atoms with Gasteiger partial charge in [-0.05, 0) is 19.3 Å². The molecule has 0 saturated carbocycles. The lowest BCUT2D eigenvalue weighted by atomic mass is 9.91. The monoisotopic (exact) mass is 309 g/mol. The van der Waals surface area contributed by atoms with Crippen molar-refractivity contribution < 1.29 is 18.7 Å². The van der Waals surface area contributed by atoms with Crippen LogP contribution in [0.15, 0.2) is 24.3 Å². The van der Waals surface area contributed by atoms with Crippen LogP contribution in [0.4, 0.5) is 8.78 Å². The van der Waals surface area contributed by atoms with Gasteiger partial charge >= 0.3 is 5.97 Å². The summed E-state index contributed by atoms with van der Waals surface area (Å²) in [4.78, 5) is 16.7. The lowest BCUT2D eigenvalue weighted by Crippen LogP contribution is -2.17. The number of carboxylic acids is 1. The van der Waals surface area contributed by atoms with Crippen molar-refractivity contribution in [1.29, 1.82) is 0 Å². The maximum Gasteiger partial charge on any atom is 0.312 e. The quantitative estimate of drug-likeness (QED) is 0.922. The van der Waals surface area contributed by atoms with E-state index in [0.29, 0.717) is 17.1 Å².